The first-order valence-electron chi connectivity index (χ1n) is 8.21. The van der Waals surface area contributed by atoms with Gasteiger partial charge >= 0.3 is 6.03 Å². The Bertz CT molecular complexity index is 973. The van der Waals surface area contributed by atoms with Crippen LogP contribution in [0.5, 0.6) is 0 Å². The zero-order valence-corrected chi connectivity index (χ0v) is 15.7. The van der Waals surface area contributed by atoms with Crippen LogP contribution in [0.2, 0.25) is 5.02 Å². The van der Waals surface area contributed by atoms with Crippen LogP contribution >= 0.6 is 22.9 Å². The van der Waals surface area contributed by atoms with Crippen LogP contribution in [0.3, 0.4) is 0 Å². The van der Waals surface area contributed by atoms with Gasteiger partial charge in [0.1, 0.15) is 12.2 Å². The summed E-state index contributed by atoms with van der Waals surface area (Å²) in [5.74, 6) is 0.343. The molecule has 3 amide bonds. The van der Waals surface area contributed by atoms with Crippen LogP contribution in [0.1, 0.15) is 0 Å². The van der Waals surface area contributed by atoms with Crippen LogP contribution < -0.4 is 10.2 Å². The van der Waals surface area contributed by atoms with Crippen LogP contribution in [0, 0.1) is 0 Å². The molecule has 4 rings (SSSR count). The zero-order valence-electron chi connectivity index (χ0n) is 14.1. The highest BCUT2D eigenvalue weighted by Gasteiger charge is 2.31. The third-order valence-electron chi connectivity index (χ3n) is 4.07. The first kappa shape index (κ1) is 17.6. The molecule has 0 radical (unpaired) electrons. The van der Waals surface area contributed by atoms with Crippen molar-refractivity contribution in [1.29, 1.82) is 0 Å². The lowest BCUT2D eigenvalue weighted by Gasteiger charge is -2.18. The van der Waals surface area contributed by atoms with Gasteiger partial charge in [0.2, 0.25) is 5.91 Å². The third-order valence-corrected chi connectivity index (χ3v) is 5.07. The van der Waals surface area contributed by atoms with E-state index < -0.39 is 0 Å². The number of urea groups is 1. The topological polar surface area (TPSA) is 78.7 Å². The third kappa shape index (κ3) is 3.81. The maximum Gasteiger partial charge on any atom is 0.325 e. The van der Waals surface area contributed by atoms with Crippen molar-refractivity contribution in [2.45, 2.75) is 0 Å². The second-order valence-corrected chi connectivity index (χ2v) is 7.19. The minimum absolute atomic E-state index is 0.0361. The second kappa shape index (κ2) is 7.42. The summed E-state index contributed by atoms with van der Waals surface area (Å²) in [5.41, 5.74) is 1.38. The Hall–Kier alpha value is -2.84. The summed E-state index contributed by atoms with van der Waals surface area (Å²) in [5, 5.41) is 5.56. The average Bonchev–Trinajstić information content (AvgIpc) is 3.37. The van der Waals surface area contributed by atoms with Gasteiger partial charge in [-0.1, -0.05) is 17.7 Å². The fraction of sp³-hybridized carbons (Fsp3) is 0.167. The SMILES string of the molecule is O=C(CN1CCN(c2cccc(Cl)c2)C1=O)Nc1nc(-c2ccco2)cs1. The van der Waals surface area contributed by atoms with Gasteiger partial charge in [-0.15, -0.1) is 11.3 Å². The van der Waals surface area contributed by atoms with Gasteiger partial charge in [-0.25, -0.2) is 9.78 Å². The Labute approximate surface area is 164 Å². The molecule has 1 N–H and O–H groups in total. The largest absolute Gasteiger partial charge is 0.463 e. The number of aromatic nitrogens is 1. The summed E-state index contributed by atoms with van der Waals surface area (Å²) < 4.78 is 5.29. The normalized spacial score (nSPS) is 14.0. The molecule has 1 aromatic carbocycles. The van der Waals surface area contributed by atoms with Gasteiger partial charge in [0.15, 0.2) is 10.9 Å². The van der Waals surface area contributed by atoms with Crippen molar-refractivity contribution in [2.75, 3.05) is 29.9 Å². The number of furan rings is 1. The van der Waals surface area contributed by atoms with E-state index in [4.69, 9.17) is 16.0 Å². The number of nitrogens with one attached hydrogen (secondary N) is 1. The van der Waals surface area contributed by atoms with Crippen LogP contribution in [0.25, 0.3) is 11.5 Å². The van der Waals surface area contributed by atoms with Gasteiger partial charge in [0, 0.05) is 29.2 Å². The maximum atomic E-state index is 12.6. The van der Waals surface area contributed by atoms with Gasteiger partial charge < -0.3 is 14.6 Å². The first-order valence-corrected chi connectivity index (χ1v) is 9.47. The molecule has 1 saturated heterocycles. The number of hydrogen-bond donors (Lipinski definition) is 1. The van der Waals surface area contributed by atoms with E-state index in [0.29, 0.717) is 34.7 Å². The van der Waals surface area contributed by atoms with E-state index in [9.17, 15) is 9.59 Å². The number of halogens is 1. The maximum absolute atomic E-state index is 12.6. The van der Waals surface area contributed by atoms with Crippen LogP contribution in [0.4, 0.5) is 15.6 Å². The Morgan fingerprint density at radius 3 is 2.96 bits per heavy atom. The second-order valence-electron chi connectivity index (χ2n) is 5.90. The molecule has 1 fully saturated rings. The van der Waals surface area contributed by atoms with E-state index in [-0.39, 0.29) is 18.5 Å². The summed E-state index contributed by atoms with van der Waals surface area (Å²) in [4.78, 5) is 32.3. The number of amides is 3. The molecule has 0 atom stereocenters. The molecule has 3 aromatic rings. The highest BCUT2D eigenvalue weighted by atomic mass is 35.5. The molecule has 2 aromatic heterocycles. The van der Waals surface area contributed by atoms with Gasteiger partial charge in [0.25, 0.3) is 0 Å². The van der Waals surface area contributed by atoms with Gasteiger partial charge in [-0.3, -0.25) is 9.69 Å². The van der Waals surface area contributed by atoms with Gasteiger partial charge in [-0.2, -0.15) is 0 Å². The monoisotopic (exact) mass is 402 g/mol. The zero-order chi connectivity index (χ0) is 18.8. The van der Waals surface area contributed by atoms with E-state index in [2.05, 4.69) is 10.3 Å². The molecule has 0 spiro atoms. The Kier molecular flexibility index (Phi) is 4.83. The number of hydrogen-bond acceptors (Lipinski definition) is 5. The fourth-order valence-corrected chi connectivity index (χ4v) is 3.71. The smallest absolute Gasteiger partial charge is 0.325 e. The van der Waals surface area contributed by atoms with Crippen molar-refractivity contribution >= 4 is 45.7 Å². The molecule has 0 unspecified atom stereocenters. The highest BCUT2D eigenvalue weighted by Crippen LogP contribution is 2.26. The van der Waals surface area contributed by atoms with E-state index >= 15 is 0 Å². The predicted octanol–water partition coefficient (Wildman–Crippen LogP) is 3.94. The molecule has 3 heterocycles. The lowest BCUT2D eigenvalue weighted by Crippen LogP contribution is -2.37. The van der Waals surface area contributed by atoms with E-state index in [1.54, 1.807) is 46.9 Å². The number of anilines is 2. The molecule has 0 aliphatic carbocycles. The Morgan fingerprint density at radius 1 is 1.30 bits per heavy atom. The lowest BCUT2D eigenvalue weighted by molar-refractivity contribution is -0.116. The molecule has 7 nitrogen and oxygen atoms in total. The molecule has 0 bridgehead atoms. The van der Waals surface area contributed by atoms with Crippen molar-refractivity contribution < 1.29 is 14.0 Å². The highest BCUT2D eigenvalue weighted by molar-refractivity contribution is 7.14. The van der Waals surface area contributed by atoms with Crippen molar-refractivity contribution in [3.05, 3.63) is 53.1 Å². The summed E-state index contributed by atoms with van der Waals surface area (Å²) in [7, 11) is 0. The lowest BCUT2D eigenvalue weighted by atomic mass is 10.3. The number of thiazole rings is 1. The summed E-state index contributed by atoms with van der Waals surface area (Å²) in [6, 6.07) is 10.4. The fourth-order valence-electron chi connectivity index (χ4n) is 2.81. The number of nitrogens with zero attached hydrogens (tertiary/aromatic N) is 3. The molecular weight excluding hydrogens is 388 g/mol. The number of benzene rings is 1. The van der Waals surface area contributed by atoms with Crippen LogP contribution in [-0.2, 0) is 4.79 Å². The number of rotatable bonds is 5. The summed E-state index contributed by atoms with van der Waals surface area (Å²) >= 11 is 7.30. The minimum atomic E-state index is -0.295. The average molecular weight is 403 g/mol. The van der Waals surface area contributed by atoms with E-state index in [1.807, 2.05) is 6.07 Å². The summed E-state index contributed by atoms with van der Waals surface area (Å²) in [6.45, 7) is 0.937. The standard InChI is InChI=1S/C18H15ClN4O3S/c19-12-3-1-4-13(9-12)23-7-6-22(18(23)25)10-16(24)21-17-20-14(11-27-17)15-5-2-8-26-15/h1-5,8-9,11H,6-7,10H2,(H,20,21,24). The predicted molar refractivity (Wildman–Crippen MR) is 104 cm³/mol. The Morgan fingerprint density at radius 2 is 2.19 bits per heavy atom. The Balaban J connectivity index is 1.37. The van der Waals surface area contributed by atoms with E-state index in [1.165, 1.54) is 16.2 Å². The number of carbonyl (C=O) groups is 2. The van der Waals surface area contributed by atoms with Crippen molar-refractivity contribution in [2.24, 2.45) is 0 Å². The molecule has 1 aliphatic rings. The molecule has 9 heteroatoms. The van der Waals surface area contributed by atoms with Crippen molar-refractivity contribution in [1.82, 2.24) is 9.88 Å². The quantitative estimate of drug-likeness (QED) is 0.701. The van der Waals surface area contributed by atoms with Gasteiger partial charge in [0.05, 0.1) is 6.26 Å². The molecule has 0 saturated carbocycles. The molecule has 27 heavy (non-hydrogen) atoms. The van der Waals surface area contributed by atoms with Crippen molar-refractivity contribution in [3.63, 3.8) is 0 Å². The van der Waals surface area contributed by atoms with E-state index in [0.717, 1.165) is 5.69 Å². The van der Waals surface area contributed by atoms with Crippen LogP contribution in [-0.4, -0.2) is 41.5 Å². The van der Waals surface area contributed by atoms with Crippen molar-refractivity contribution in [3.8, 4) is 11.5 Å². The van der Waals surface area contributed by atoms with Gasteiger partial charge in [-0.05, 0) is 30.3 Å². The summed E-state index contributed by atoms with van der Waals surface area (Å²) in [6.07, 6.45) is 1.57. The van der Waals surface area contributed by atoms with Crippen LogP contribution in [0.15, 0.2) is 52.5 Å². The minimum Gasteiger partial charge on any atom is -0.463 e. The molecular formula is C18H15ClN4O3S. The molecule has 1 aliphatic heterocycles. The molecule has 138 valence electrons. The number of carbonyl (C=O) groups excluding carboxylic acids is 2. The first-order chi connectivity index (χ1) is 13.1.